The molecule has 0 spiro atoms. The number of hydrogen-bond donors (Lipinski definition) is 2. The number of methoxy groups -OCH3 is 3. The first-order chi connectivity index (χ1) is 14.3. The summed E-state index contributed by atoms with van der Waals surface area (Å²) in [7, 11) is 4.52. The van der Waals surface area contributed by atoms with E-state index in [2.05, 4.69) is 0 Å². The first-order valence-electron chi connectivity index (χ1n) is 9.75. The predicted octanol–water partition coefficient (Wildman–Crippen LogP) is 3.00. The van der Waals surface area contributed by atoms with Crippen molar-refractivity contribution < 1.29 is 34.0 Å². The molecule has 30 heavy (non-hydrogen) atoms. The summed E-state index contributed by atoms with van der Waals surface area (Å²) < 4.78 is 16.3. The third-order valence-corrected chi connectivity index (χ3v) is 6.58. The summed E-state index contributed by atoms with van der Waals surface area (Å²) in [6.45, 7) is 1.81. The molecular formula is C23H24O7. The molecule has 0 bridgehead atoms. The number of carbonyl (C=O) groups is 2. The van der Waals surface area contributed by atoms with Crippen LogP contribution >= 0.6 is 0 Å². The van der Waals surface area contributed by atoms with E-state index in [0.717, 1.165) is 0 Å². The van der Waals surface area contributed by atoms with Gasteiger partial charge in [-0.15, -0.1) is 0 Å². The smallest absolute Gasteiger partial charge is 0.202 e. The van der Waals surface area contributed by atoms with Crippen molar-refractivity contribution in [3.63, 3.8) is 0 Å². The molecule has 0 heterocycles. The lowest BCUT2D eigenvalue weighted by Crippen LogP contribution is -2.42. The lowest BCUT2D eigenvalue weighted by Gasteiger charge is -2.39. The van der Waals surface area contributed by atoms with E-state index in [4.69, 9.17) is 14.2 Å². The van der Waals surface area contributed by atoms with Crippen LogP contribution in [0.3, 0.4) is 0 Å². The molecule has 0 aromatic heterocycles. The van der Waals surface area contributed by atoms with E-state index >= 15 is 0 Å². The normalized spacial score (nSPS) is 17.9. The SMILES string of the molecule is COc1cccc2c1C(=O)c1c(O)c3c(c(O)c1C2=O)CC(C(C)(OC)OC)CC3. The third kappa shape index (κ3) is 2.66. The van der Waals surface area contributed by atoms with Gasteiger partial charge in [0, 0.05) is 36.8 Å². The van der Waals surface area contributed by atoms with Crippen molar-refractivity contribution in [3.05, 3.63) is 51.6 Å². The first-order valence-corrected chi connectivity index (χ1v) is 9.75. The second kappa shape index (κ2) is 7.11. The standard InChI is InChI=1S/C23H24O7/c1-23(29-3,30-4)11-8-9-12-14(10-11)21(26)17-18(19(12)24)22(27)16-13(20(17)25)6-5-7-15(16)28-2/h5-7,11,24,26H,8-10H2,1-4H3. The monoisotopic (exact) mass is 412 g/mol. The Morgan fingerprint density at radius 3 is 2.20 bits per heavy atom. The molecule has 7 heteroatoms. The maximum atomic E-state index is 13.3. The molecule has 2 N–H and O–H groups in total. The highest BCUT2D eigenvalue weighted by Crippen LogP contribution is 2.48. The van der Waals surface area contributed by atoms with Crippen molar-refractivity contribution >= 4 is 11.6 Å². The molecule has 2 aliphatic rings. The van der Waals surface area contributed by atoms with Crippen LogP contribution in [0.2, 0.25) is 0 Å². The van der Waals surface area contributed by atoms with E-state index in [1.165, 1.54) is 13.2 Å². The molecule has 2 aromatic carbocycles. The molecular weight excluding hydrogens is 388 g/mol. The second-order valence-corrected chi connectivity index (χ2v) is 7.81. The number of phenols is 2. The number of aromatic hydroxyl groups is 2. The van der Waals surface area contributed by atoms with Gasteiger partial charge in [0.25, 0.3) is 0 Å². The molecule has 2 aromatic rings. The second-order valence-electron chi connectivity index (χ2n) is 7.81. The van der Waals surface area contributed by atoms with Crippen LogP contribution in [0.15, 0.2) is 18.2 Å². The van der Waals surface area contributed by atoms with Crippen LogP contribution in [0.4, 0.5) is 0 Å². The zero-order valence-corrected chi connectivity index (χ0v) is 17.4. The quantitative estimate of drug-likeness (QED) is 0.502. The van der Waals surface area contributed by atoms with E-state index < -0.39 is 17.4 Å². The number of benzene rings is 2. The summed E-state index contributed by atoms with van der Waals surface area (Å²) in [4.78, 5) is 26.5. The van der Waals surface area contributed by atoms with Crippen molar-refractivity contribution in [2.75, 3.05) is 21.3 Å². The minimum absolute atomic E-state index is 0.104. The van der Waals surface area contributed by atoms with Gasteiger partial charge in [0.15, 0.2) is 11.6 Å². The number of ketones is 2. The highest BCUT2D eigenvalue weighted by atomic mass is 16.7. The van der Waals surface area contributed by atoms with Crippen LogP contribution in [0.25, 0.3) is 0 Å². The van der Waals surface area contributed by atoms with E-state index in [1.54, 1.807) is 26.4 Å². The van der Waals surface area contributed by atoms with Gasteiger partial charge < -0.3 is 24.4 Å². The average Bonchev–Trinajstić information content (AvgIpc) is 2.78. The lowest BCUT2D eigenvalue weighted by molar-refractivity contribution is -0.229. The largest absolute Gasteiger partial charge is 0.507 e. The van der Waals surface area contributed by atoms with Gasteiger partial charge in [-0.25, -0.2) is 0 Å². The molecule has 7 nitrogen and oxygen atoms in total. The highest BCUT2D eigenvalue weighted by Gasteiger charge is 2.43. The maximum Gasteiger partial charge on any atom is 0.202 e. The Kier molecular flexibility index (Phi) is 4.83. The topological polar surface area (TPSA) is 102 Å². The number of hydrogen-bond acceptors (Lipinski definition) is 7. The van der Waals surface area contributed by atoms with E-state index in [-0.39, 0.29) is 45.4 Å². The van der Waals surface area contributed by atoms with Gasteiger partial charge in [-0.2, -0.15) is 0 Å². The fourth-order valence-corrected chi connectivity index (χ4v) is 4.67. The summed E-state index contributed by atoms with van der Waals surface area (Å²) >= 11 is 0. The van der Waals surface area contributed by atoms with Gasteiger partial charge in [-0.3, -0.25) is 9.59 Å². The molecule has 0 amide bonds. The maximum absolute atomic E-state index is 13.3. The summed E-state index contributed by atoms with van der Waals surface area (Å²) in [6.07, 6.45) is 1.38. The summed E-state index contributed by atoms with van der Waals surface area (Å²) in [6, 6.07) is 4.72. The van der Waals surface area contributed by atoms with Crippen molar-refractivity contribution in [3.8, 4) is 17.2 Å². The van der Waals surface area contributed by atoms with Crippen LogP contribution in [0.5, 0.6) is 17.2 Å². The fraction of sp³-hybridized carbons (Fsp3) is 0.391. The van der Waals surface area contributed by atoms with Crippen LogP contribution in [0, 0.1) is 5.92 Å². The Labute approximate surface area is 174 Å². The highest BCUT2D eigenvalue weighted by molar-refractivity contribution is 6.31. The van der Waals surface area contributed by atoms with Crippen LogP contribution < -0.4 is 4.74 Å². The van der Waals surface area contributed by atoms with Gasteiger partial charge in [-0.05, 0) is 32.3 Å². The van der Waals surface area contributed by atoms with Crippen molar-refractivity contribution in [1.82, 2.24) is 0 Å². The Bertz CT molecular complexity index is 1070. The van der Waals surface area contributed by atoms with E-state index in [0.29, 0.717) is 30.4 Å². The lowest BCUT2D eigenvalue weighted by atomic mass is 9.74. The molecule has 0 aliphatic heterocycles. The Hall–Kier alpha value is -2.90. The van der Waals surface area contributed by atoms with E-state index in [9.17, 15) is 19.8 Å². The number of rotatable bonds is 4. The predicted molar refractivity (Wildman–Crippen MR) is 108 cm³/mol. The summed E-state index contributed by atoms with van der Waals surface area (Å²) in [5, 5.41) is 22.1. The van der Waals surface area contributed by atoms with Crippen molar-refractivity contribution in [2.24, 2.45) is 5.92 Å². The summed E-state index contributed by atoms with van der Waals surface area (Å²) in [5.41, 5.74) is 0.869. The van der Waals surface area contributed by atoms with Crippen LogP contribution in [-0.2, 0) is 22.3 Å². The number of fused-ring (bicyclic) bond motifs is 3. The Morgan fingerprint density at radius 2 is 1.57 bits per heavy atom. The number of ether oxygens (including phenoxy) is 3. The van der Waals surface area contributed by atoms with Gasteiger partial charge in [0.05, 0.1) is 23.8 Å². The van der Waals surface area contributed by atoms with Gasteiger partial charge in [0.1, 0.15) is 17.2 Å². The Balaban J connectivity index is 1.91. The number of phenolic OH excluding ortho intramolecular Hbond substituents is 2. The first kappa shape index (κ1) is 20.4. The van der Waals surface area contributed by atoms with Crippen molar-refractivity contribution in [1.29, 1.82) is 0 Å². The molecule has 1 atom stereocenters. The molecule has 0 radical (unpaired) electrons. The molecule has 158 valence electrons. The fourth-order valence-electron chi connectivity index (χ4n) is 4.67. The van der Waals surface area contributed by atoms with E-state index in [1.807, 2.05) is 6.92 Å². The van der Waals surface area contributed by atoms with Gasteiger partial charge >= 0.3 is 0 Å². The third-order valence-electron chi connectivity index (χ3n) is 6.58. The zero-order valence-electron chi connectivity index (χ0n) is 17.4. The molecule has 1 unspecified atom stereocenters. The Morgan fingerprint density at radius 1 is 0.933 bits per heavy atom. The van der Waals surface area contributed by atoms with Gasteiger partial charge in [-0.1, -0.05) is 12.1 Å². The molecule has 0 saturated heterocycles. The number of carbonyl (C=O) groups excluding carboxylic acids is 2. The summed E-state index contributed by atoms with van der Waals surface area (Å²) in [5.74, 6) is -2.29. The molecule has 4 rings (SSSR count). The van der Waals surface area contributed by atoms with Gasteiger partial charge in [0.2, 0.25) is 5.78 Å². The zero-order chi connectivity index (χ0) is 21.8. The van der Waals surface area contributed by atoms with Crippen LogP contribution in [0.1, 0.15) is 56.3 Å². The average molecular weight is 412 g/mol. The molecule has 2 aliphatic carbocycles. The van der Waals surface area contributed by atoms with Crippen molar-refractivity contribution in [2.45, 2.75) is 32.0 Å². The van der Waals surface area contributed by atoms with Crippen LogP contribution in [-0.4, -0.2) is 48.9 Å². The minimum Gasteiger partial charge on any atom is -0.507 e. The minimum atomic E-state index is -0.880. The molecule has 0 saturated carbocycles. The molecule has 0 fully saturated rings.